The first kappa shape index (κ1) is 12.3. The molecule has 0 aliphatic heterocycles. The van der Waals surface area contributed by atoms with Crippen molar-refractivity contribution in [2.75, 3.05) is 6.54 Å². The van der Waals surface area contributed by atoms with E-state index >= 15 is 0 Å². The van der Waals surface area contributed by atoms with Crippen LogP contribution < -0.4 is 5.32 Å². The lowest BCUT2D eigenvalue weighted by Crippen LogP contribution is -2.17. The van der Waals surface area contributed by atoms with E-state index in [0.29, 0.717) is 6.04 Å². The zero-order valence-corrected chi connectivity index (χ0v) is 11.5. The molecular formula is C13H18N2OS. The Kier molecular flexibility index (Phi) is 3.64. The lowest BCUT2D eigenvalue weighted by atomic mass is 10.2. The molecule has 0 fully saturated rings. The van der Waals surface area contributed by atoms with Gasteiger partial charge < -0.3 is 9.73 Å². The minimum absolute atomic E-state index is 0.349. The van der Waals surface area contributed by atoms with Crippen molar-refractivity contribution < 1.29 is 4.42 Å². The normalized spacial score (nSPS) is 12.9. The molecule has 17 heavy (non-hydrogen) atoms. The summed E-state index contributed by atoms with van der Waals surface area (Å²) in [6, 6.07) is 2.32. The summed E-state index contributed by atoms with van der Waals surface area (Å²) in [4.78, 5) is 5.89. The van der Waals surface area contributed by atoms with Crippen molar-refractivity contribution in [3.05, 3.63) is 28.5 Å². The van der Waals surface area contributed by atoms with Crippen LogP contribution in [0.5, 0.6) is 0 Å². The first-order valence-corrected chi connectivity index (χ1v) is 6.70. The van der Waals surface area contributed by atoms with Gasteiger partial charge in [0.1, 0.15) is 0 Å². The average Bonchev–Trinajstić information content (AvgIpc) is 2.84. The molecule has 0 spiro atoms. The Morgan fingerprint density at radius 3 is 2.82 bits per heavy atom. The molecule has 2 rings (SSSR count). The zero-order valence-electron chi connectivity index (χ0n) is 10.7. The third-order valence-electron chi connectivity index (χ3n) is 2.79. The summed E-state index contributed by atoms with van der Waals surface area (Å²) in [5, 5.41) is 4.39. The van der Waals surface area contributed by atoms with Gasteiger partial charge in [-0.05, 0) is 38.9 Å². The van der Waals surface area contributed by atoms with Crippen molar-refractivity contribution in [2.45, 2.75) is 33.7 Å². The number of rotatable bonds is 4. The number of hydrogen-bond donors (Lipinski definition) is 1. The Balaban J connectivity index is 2.34. The second kappa shape index (κ2) is 5.02. The molecule has 0 saturated heterocycles. The average molecular weight is 250 g/mol. The van der Waals surface area contributed by atoms with Crippen molar-refractivity contribution in [2.24, 2.45) is 0 Å². The summed E-state index contributed by atoms with van der Waals surface area (Å²) >= 11 is 1.71. The number of nitrogens with zero attached hydrogens (tertiary/aromatic N) is 1. The van der Waals surface area contributed by atoms with Gasteiger partial charge in [0.25, 0.3) is 0 Å². The van der Waals surface area contributed by atoms with Gasteiger partial charge in [0.05, 0.1) is 12.0 Å². The highest BCUT2D eigenvalue weighted by Crippen LogP contribution is 2.33. The lowest BCUT2D eigenvalue weighted by Gasteiger charge is -2.09. The number of aryl methyl sites for hydroxylation is 2. The first-order valence-electron chi connectivity index (χ1n) is 5.88. The van der Waals surface area contributed by atoms with Crippen molar-refractivity contribution in [3.8, 4) is 10.8 Å². The predicted octanol–water partition coefficient (Wildman–Crippen LogP) is 3.69. The largest absolute Gasteiger partial charge is 0.462 e. The van der Waals surface area contributed by atoms with E-state index in [1.807, 2.05) is 13.0 Å². The predicted molar refractivity (Wildman–Crippen MR) is 71.4 cm³/mol. The molecule has 0 bridgehead atoms. The van der Waals surface area contributed by atoms with Gasteiger partial charge in [0, 0.05) is 10.9 Å². The molecule has 0 aliphatic carbocycles. The maximum Gasteiger partial charge on any atom is 0.165 e. The molecule has 0 radical (unpaired) electrons. The highest BCUT2D eigenvalue weighted by Gasteiger charge is 2.17. The van der Waals surface area contributed by atoms with Crippen LogP contribution in [0.1, 0.15) is 36.0 Å². The SMILES string of the molecule is CCNC(C)c1sc(-c2occc2C)nc1C. The van der Waals surface area contributed by atoms with Gasteiger partial charge in [-0.25, -0.2) is 4.98 Å². The molecule has 0 amide bonds. The monoisotopic (exact) mass is 250 g/mol. The summed E-state index contributed by atoms with van der Waals surface area (Å²) in [6.45, 7) is 9.35. The van der Waals surface area contributed by atoms with Crippen molar-refractivity contribution in [1.82, 2.24) is 10.3 Å². The second-order valence-corrected chi connectivity index (χ2v) is 5.21. The zero-order chi connectivity index (χ0) is 12.4. The van der Waals surface area contributed by atoms with Gasteiger partial charge in [-0.15, -0.1) is 11.3 Å². The molecule has 0 aliphatic rings. The van der Waals surface area contributed by atoms with E-state index in [1.54, 1.807) is 17.6 Å². The number of hydrogen-bond acceptors (Lipinski definition) is 4. The molecule has 2 heterocycles. The van der Waals surface area contributed by atoms with Gasteiger partial charge in [0.15, 0.2) is 10.8 Å². The van der Waals surface area contributed by atoms with E-state index in [2.05, 4.69) is 31.1 Å². The molecule has 3 nitrogen and oxygen atoms in total. The first-order chi connectivity index (χ1) is 8.13. The Labute approximate surface area is 106 Å². The number of nitrogens with one attached hydrogen (secondary N) is 1. The number of thiazole rings is 1. The Morgan fingerprint density at radius 2 is 2.24 bits per heavy atom. The second-order valence-electron chi connectivity index (χ2n) is 4.18. The highest BCUT2D eigenvalue weighted by atomic mass is 32.1. The minimum Gasteiger partial charge on any atom is -0.462 e. The van der Waals surface area contributed by atoms with E-state index in [1.165, 1.54) is 4.88 Å². The molecule has 4 heteroatoms. The van der Waals surface area contributed by atoms with E-state index in [9.17, 15) is 0 Å². The maximum atomic E-state index is 5.49. The number of aromatic nitrogens is 1. The van der Waals surface area contributed by atoms with Gasteiger partial charge in [-0.1, -0.05) is 6.92 Å². The summed E-state index contributed by atoms with van der Waals surface area (Å²) < 4.78 is 5.49. The molecule has 0 saturated carbocycles. The summed E-state index contributed by atoms with van der Waals surface area (Å²) in [5.74, 6) is 0.896. The van der Waals surface area contributed by atoms with Crippen LogP contribution in [0.25, 0.3) is 10.8 Å². The van der Waals surface area contributed by atoms with E-state index in [-0.39, 0.29) is 0 Å². The summed E-state index contributed by atoms with van der Waals surface area (Å²) in [6.07, 6.45) is 1.72. The van der Waals surface area contributed by atoms with Crippen LogP contribution in [0.2, 0.25) is 0 Å². The third-order valence-corrected chi connectivity index (χ3v) is 4.13. The Morgan fingerprint density at radius 1 is 1.47 bits per heavy atom. The molecular weight excluding hydrogens is 232 g/mol. The summed E-state index contributed by atoms with van der Waals surface area (Å²) in [5.41, 5.74) is 2.23. The smallest absolute Gasteiger partial charge is 0.165 e. The van der Waals surface area contributed by atoms with E-state index in [4.69, 9.17) is 4.42 Å². The fourth-order valence-electron chi connectivity index (χ4n) is 1.90. The fourth-order valence-corrected chi connectivity index (χ4v) is 3.04. The van der Waals surface area contributed by atoms with Crippen molar-refractivity contribution in [3.63, 3.8) is 0 Å². The fraction of sp³-hybridized carbons (Fsp3) is 0.462. The third kappa shape index (κ3) is 2.42. The maximum absolute atomic E-state index is 5.49. The van der Waals surface area contributed by atoms with Gasteiger partial charge in [-0.2, -0.15) is 0 Å². The van der Waals surface area contributed by atoms with E-state index < -0.39 is 0 Å². The van der Waals surface area contributed by atoms with Crippen LogP contribution in [-0.4, -0.2) is 11.5 Å². The minimum atomic E-state index is 0.349. The topological polar surface area (TPSA) is 38.1 Å². The van der Waals surface area contributed by atoms with Crippen molar-refractivity contribution in [1.29, 1.82) is 0 Å². The lowest BCUT2D eigenvalue weighted by molar-refractivity contribution is 0.580. The van der Waals surface area contributed by atoms with E-state index in [0.717, 1.165) is 28.6 Å². The Bertz CT molecular complexity index is 501. The highest BCUT2D eigenvalue weighted by molar-refractivity contribution is 7.15. The van der Waals surface area contributed by atoms with Crippen LogP contribution in [-0.2, 0) is 0 Å². The van der Waals surface area contributed by atoms with Gasteiger partial charge in [0.2, 0.25) is 0 Å². The quantitative estimate of drug-likeness (QED) is 0.899. The molecule has 1 unspecified atom stereocenters. The van der Waals surface area contributed by atoms with Crippen molar-refractivity contribution >= 4 is 11.3 Å². The van der Waals surface area contributed by atoms with Crippen LogP contribution in [0.15, 0.2) is 16.7 Å². The molecule has 2 aromatic heterocycles. The molecule has 1 atom stereocenters. The number of furan rings is 1. The Hall–Kier alpha value is -1.13. The van der Waals surface area contributed by atoms with Gasteiger partial charge >= 0.3 is 0 Å². The van der Waals surface area contributed by atoms with Gasteiger partial charge in [-0.3, -0.25) is 0 Å². The van der Waals surface area contributed by atoms with Crippen LogP contribution in [0.3, 0.4) is 0 Å². The molecule has 92 valence electrons. The summed E-state index contributed by atoms with van der Waals surface area (Å²) in [7, 11) is 0. The van der Waals surface area contributed by atoms with Crippen LogP contribution >= 0.6 is 11.3 Å². The molecule has 2 aromatic rings. The molecule has 0 aromatic carbocycles. The molecule has 1 N–H and O–H groups in total. The van der Waals surface area contributed by atoms with Crippen LogP contribution in [0, 0.1) is 13.8 Å². The standard InChI is InChI=1S/C13H18N2OS/c1-5-14-9(3)12-10(4)15-13(17-12)11-8(2)6-7-16-11/h6-7,9,14H,5H2,1-4H3. The van der Waals surface area contributed by atoms with Crippen LogP contribution in [0.4, 0.5) is 0 Å².